The highest BCUT2D eigenvalue weighted by Gasteiger charge is 2.21. The van der Waals surface area contributed by atoms with E-state index in [1.54, 1.807) is 24.3 Å². The lowest BCUT2D eigenvalue weighted by molar-refractivity contribution is 0.475. The standard InChI is InChI=1S/C26H20Cl2O2/c27-26(28)25(21-5-1-17(2-6-21)19-9-13-23(29)14-10-19)22-7-3-18(4-8-22)20-11-15-24(30)16-12-20/h1-16,25-26,29-30H. The molecular formula is C26H20Cl2O2. The van der Waals surface area contributed by atoms with Gasteiger partial charge in [-0.1, -0.05) is 72.8 Å². The molecule has 0 saturated heterocycles. The maximum Gasteiger partial charge on any atom is 0.118 e. The van der Waals surface area contributed by atoms with Gasteiger partial charge in [0.1, 0.15) is 16.3 Å². The van der Waals surface area contributed by atoms with Crippen LogP contribution in [-0.2, 0) is 0 Å². The normalized spacial score (nSPS) is 11.2. The van der Waals surface area contributed by atoms with Gasteiger partial charge in [0.25, 0.3) is 0 Å². The van der Waals surface area contributed by atoms with Gasteiger partial charge in [0.15, 0.2) is 0 Å². The lowest BCUT2D eigenvalue weighted by Crippen LogP contribution is -2.09. The summed E-state index contributed by atoms with van der Waals surface area (Å²) in [5.41, 5.74) is 6.24. The molecule has 30 heavy (non-hydrogen) atoms. The molecule has 0 amide bonds. The van der Waals surface area contributed by atoms with Crippen LogP contribution in [0.3, 0.4) is 0 Å². The van der Waals surface area contributed by atoms with Crippen molar-refractivity contribution in [3.63, 3.8) is 0 Å². The average Bonchev–Trinajstić information content (AvgIpc) is 2.76. The highest BCUT2D eigenvalue weighted by Crippen LogP contribution is 2.35. The SMILES string of the molecule is Oc1ccc(-c2ccc(C(c3ccc(-c4ccc(O)cc4)cc3)C(Cl)Cl)cc2)cc1. The van der Waals surface area contributed by atoms with Crippen molar-refractivity contribution in [1.29, 1.82) is 0 Å². The van der Waals surface area contributed by atoms with E-state index in [1.165, 1.54) is 0 Å². The van der Waals surface area contributed by atoms with Crippen LogP contribution >= 0.6 is 23.2 Å². The van der Waals surface area contributed by atoms with Gasteiger partial charge in [-0.25, -0.2) is 0 Å². The second kappa shape index (κ2) is 8.83. The molecule has 0 unspecified atom stereocenters. The van der Waals surface area contributed by atoms with E-state index in [-0.39, 0.29) is 17.4 Å². The van der Waals surface area contributed by atoms with E-state index in [0.29, 0.717) is 0 Å². The molecule has 0 radical (unpaired) electrons. The molecule has 4 aromatic rings. The number of benzene rings is 4. The number of hydrogen-bond donors (Lipinski definition) is 2. The Morgan fingerprint density at radius 2 is 0.700 bits per heavy atom. The Hall–Kier alpha value is -2.94. The van der Waals surface area contributed by atoms with Gasteiger partial charge in [-0.3, -0.25) is 0 Å². The van der Waals surface area contributed by atoms with Crippen LogP contribution in [0.2, 0.25) is 0 Å². The Bertz CT molecular complexity index is 1010. The number of aromatic hydroxyl groups is 2. The first-order valence-corrected chi connectivity index (χ1v) is 10.5. The van der Waals surface area contributed by atoms with E-state index >= 15 is 0 Å². The molecule has 2 nitrogen and oxygen atoms in total. The highest BCUT2D eigenvalue weighted by molar-refractivity contribution is 6.45. The number of halogens is 2. The molecule has 0 aliphatic heterocycles. The van der Waals surface area contributed by atoms with E-state index in [4.69, 9.17) is 23.2 Å². The Balaban J connectivity index is 1.60. The first kappa shape index (κ1) is 20.3. The molecule has 4 heteroatoms. The van der Waals surface area contributed by atoms with Crippen LogP contribution in [0.5, 0.6) is 11.5 Å². The van der Waals surface area contributed by atoms with E-state index in [1.807, 2.05) is 72.8 Å². The number of alkyl halides is 2. The van der Waals surface area contributed by atoms with E-state index in [2.05, 4.69) is 0 Å². The van der Waals surface area contributed by atoms with Gasteiger partial charge >= 0.3 is 0 Å². The molecule has 4 rings (SSSR count). The van der Waals surface area contributed by atoms with Gasteiger partial charge in [0.05, 0.1) is 0 Å². The molecule has 150 valence electrons. The minimum atomic E-state index is -0.593. The zero-order chi connectivity index (χ0) is 21.1. The van der Waals surface area contributed by atoms with Gasteiger partial charge in [0.2, 0.25) is 0 Å². The first-order valence-electron chi connectivity index (χ1n) is 9.58. The molecule has 0 bridgehead atoms. The largest absolute Gasteiger partial charge is 0.508 e. The van der Waals surface area contributed by atoms with Gasteiger partial charge < -0.3 is 10.2 Å². The summed E-state index contributed by atoms with van der Waals surface area (Å²) >= 11 is 12.7. The predicted molar refractivity (Wildman–Crippen MR) is 124 cm³/mol. The highest BCUT2D eigenvalue weighted by atomic mass is 35.5. The number of rotatable bonds is 5. The second-order valence-corrected chi connectivity index (χ2v) is 8.31. The zero-order valence-corrected chi connectivity index (χ0v) is 17.6. The Kier molecular flexibility index (Phi) is 5.98. The molecule has 2 N–H and O–H groups in total. The maximum absolute atomic E-state index is 9.47. The fourth-order valence-corrected chi connectivity index (χ4v) is 4.14. The van der Waals surface area contributed by atoms with E-state index in [9.17, 15) is 10.2 Å². The number of hydrogen-bond acceptors (Lipinski definition) is 2. The number of phenols is 2. The van der Waals surface area contributed by atoms with Crippen molar-refractivity contribution in [2.24, 2.45) is 0 Å². The quantitative estimate of drug-likeness (QED) is 0.322. The number of phenolic OH excluding ortho intramolecular Hbond substituents is 2. The molecule has 0 atom stereocenters. The minimum Gasteiger partial charge on any atom is -0.508 e. The molecule has 4 aromatic carbocycles. The molecule has 0 aliphatic carbocycles. The van der Waals surface area contributed by atoms with Crippen molar-refractivity contribution < 1.29 is 10.2 Å². The van der Waals surface area contributed by atoms with Crippen LogP contribution in [-0.4, -0.2) is 15.0 Å². The topological polar surface area (TPSA) is 40.5 Å². The van der Waals surface area contributed by atoms with Crippen molar-refractivity contribution in [2.45, 2.75) is 10.8 Å². The van der Waals surface area contributed by atoms with Crippen LogP contribution in [0.1, 0.15) is 17.0 Å². The van der Waals surface area contributed by atoms with Crippen LogP contribution < -0.4 is 0 Å². The summed E-state index contributed by atoms with van der Waals surface area (Å²) in [6.45, 7) is 0. The molecule has 0 fully saturated rings. The van der Waals surface area contributed by atoms with Gasteiger partial charge in [0, 0.05) is 5.92 Å². The fourth-order valence-electron chi connectivity index (χ4n) is 3.56. The summed E-state index contributed by atoms with van der Waals surface area (Å²) in [5.74, 6) is 0.340. The van der Waals surface area contributed by atoms with Crippen molar-refractivity contribution in [1.82, 2.24) is 0 Å². The molecular weight excluding hydrogens is 415 g/mol. The molecule has 0 heterocycles. The lowest BCUT2D eigenvalue weighted by atomic mass is 9.90. The summed E-state index contributed by atoms with van der Waals surface area (Å²) in [7, 11) is 0. The van der Waals surface area contributed by atoms with Crippen molar-refractivity contribution in [3.8, 4) is 33.8 Å². The third-order valence-electron chi connectivity index (χ3n) is 5.19. The fraction of sp³-hybridized carbons (Fsp3) is 0.0769. The van der Waals surface area contributed by atoms with Crippen molar-refractivity contribution in [2.75, 3.05) is 0 Å². The summed E-state index contributed by atoms with van der Waals surface area (Å²) in [6, 6.07) is 30.6. The van der Waals surface area contributed by atoms with Crippen LogP contribution in [0.25, 0.3) is 22.3 Å². The van der Waals surface area contributed by atoms with E-state index in [0.717, 1.165) is 33.4 Å². The minimum absolute atomic E-state index is 0.156. The first-order chi connectivity index (χ1) is 14.5. The van der Waals surface area contributed by atoms with E-state index < -0.39 is 4.84 Å². The zero-order valence-electron chi connectivity index (χ0n) is 16.0. The Labute approximate surface area is 186 Å². The summed E-state index contributed by atoms with van der Waals surface area (Å²) in [6.07, 6.45) is 0. The maximum atomic E-state index is 9.47. The Morgan fingerprint density at radius 3 is 0.967 bits per heavy atom. The second-order valence-electron chi connectivity index (χ2n) is 7.15. The van der Waals surface area contributed by atoms with Gasteiger partial charge in [-0.05, 0) is 57.6 Å². The average molecular weight is 435 g/mol. The van der Waals surface area contributed by atoms with Gasteiger partial charge in [-0.2, -0.15) is 0 Å². The molecule has 0 saturated carbocycles. The summed E-state index contributed by atoms with van der Waals surface area (Å²) in [5, 5.41) is 18.9. The van der Waals surface area contributed by atoms with Crippen LogP contribution in [0.4, 0.5) is 0 Å². The molecule has 0 aliphatic rings. The third-order valence-corrected chi connectivity index (χ3v) is 5.70. The van der Waals surface area contributed by atoms with Gasteiger partial charge in [-0.15, -0.1) is 23.2 Å². The third kappa shape index (κ3) is 4.46. The predicted octanol–water partition coefficient (Wildman–Crippen LogP) is 7.37. The lowest BCUT2D eigenvalue weighted by Gasteiger charge is -2.20. The summed E-state index contributed by atoms with van der Waals surface area (Å²) in [4.78, 5) is -0.593. The van der Waals surface area contributed by atoms with Crippen LogP contribution in [0.15, 0.2) is 97.1 Å². The smallest absolute Gasteiger partial charge is 0.118 e. The van der Waals surface area contributed by atoms with Crippen molar-refractivity contribution in [3.05, 3.63) is 108 Å². The summed E-state index contributed by atoms with van der Waals surface area (Å²) < 4.78 is 0. The Morgan fingerprint density at radius 1 is 0.433 bits per heavy atom. The monoisotopic (exact) mass is 434 g/mol. The molecule has 0 aromatic heterocycles. The van der Waals surface area contributed by atoms with Crippen molar-refractivity contribution >= 4 is 23.2 Å². The van der Waals surface area contributed by atoms with Crippen LogP contribution in [0, 0.1) is 0 Å². The molecule has 0 spiro atoms.